The fraction of sp³-hybridized carbons (Fsp3) is 0. The van der Waals surface area contributed by atoms with Gasteiger partial charge in [0, 0.05) is 0 Å². The third-order valence-electron chi connectivity index (χ3n) is 1.58. The highest BCUT2D eigenvalue weighted by Crippen LogP contribution is 2.41. The Balaban J connectivity index is 3.65. The van der Waals surface area contributed by atoms with Gasteiger partial charge in [0.05, 0.1) is 9.95 Å². The number of hydrogen-bond acceptors (Lipinski definition) is 4. The molecule has 0 spiro atoms. The molecule has 0 saturated carbocycles. The highest BCUT2D eigenvalue weighted by molar-refractivity contribution is 6.43. The molecule has 15 heavy (non-hydrogen) atoms. The predicted molar refractivity (Wildman–Crippen MR) is 51.7 cm³/mol. The third-order valence-corrected chi connectivity index (χ3v) is 2.36. The number of aromatic carboxylic acids is 1. The minimum atomic E-state index is -1.57. The van der Waals surface area contributed by atoms with Crippen LogP contribution in [0.5, 0.6) is 5.75 Å². The minimum absolute atomic E-state index is 0.267. The predicted octanol–water partition coefficient (Wildman–Crippen LogP) is 2.31. The summed E-state index contributed by atoms with van der Waals surface area (Å²) in [5, 5.41) is 27.7. The highest BCUT2D eigenvalue weighted by atomic mass is 35.5. The Kier molecular flexibility index (Phi) is 3.01. The van der Waals surface area contributed by atoms with E-state index in [0.717, 1.165) is 6.07 Å². The molecule has 0 fully saturated rings. The first-order valence-electron chi connectivity index (χ1n) is 3.45. The summed E-state index contributed by atoms with van der Waals surface area (Å²) in [4.78, 5) is 20.1. The normalized spacial score (nSPS) is 10.0. The molecule has 1 rings (SSSR count). The van der Waals surface area contributed by atoms with Crippen molar-refractivity contribution in [3.8, 4) is 5.75 Å². The molecular weight excluding hydrogens is 249 g/mol. The Hall–Kier alpha value is -1.53. The summed E-state index contributed by atoms with van der Waals surface area (Å²) in [7, 11) is 0. The van der Waals surface area contributed by atoms with Gasteiger partial charge in [0.2, 0.25) is 5.75 Å². The number of rotatable bonds is 2. The van der Waals surface area contributed by atoms with E-state index < -0.39 is 32.9 Å². The number of nitrogens with zero attached hydrogens (tertiary/aromatic N) is 1. The summed E-state index contributed by atoms with van der Waals surface area (Å²) in [6, 6.07) is 0.810. The van der Waals surface area contributed by atoms with Crippen LogP contribution in [-0.4, -0.2) is 21.1 Å². The summed E-state index contributed by atoms with van der Waals surface area (Å²) >= 11 is 10.9. The average molecular weight is 252 g/mol. The van der Waals surface area contributed by atoms with Crippen LogP contribution in [0.2, 0.25) is 10.0 Å². The lowest BCUT2D eigenvalue weighted by Crippen LogP contribution is -2.03. The lowest BCUT2D eigenvalue weighted by molar-refractivity contribution is -0.386. The van der Waals surface area contributed by atoms with Crippen LogP contribution >= 0.6 is 23.2 Å². The van der Waals surface area contributed by atoms with E-state index in [0.29, 0.717) is 0 Å². The average Bonchev–Trinajstić information content (AvgIpc) is 2.12. The number of carbonyl (C=O) groups is 1. The maximum absolute atomic E-state index is 10.6. The van der Waals surface area contributed by atoms with Gasteiger partial charge in [-0.05, 0) is 6.07 Å². The maximum atomic E-state index is 10.6. The molecule has 80 valence electrons. The van der Waals surface area contributed by atoms with E-state index in [9.17, 15) is 20.0 Å². The fourth-order valence-corrected chi connectivity index (χ4v) is 1.29. The number of nitro benzene ring substituents is 1. The van der Waals surface area contributed by atoms with Crippen LogP contribution in [0, 0.1) is 10.1 Å². The molecule has 0 amide bonds. The molecule has 0 radical (unpaired) electrons. The summed E-state index contributed by atoms with van der Waals surface area (Å²) in [6.45, 7) is 0. The SMILES string of the molecule is O=C(O)c1cc(Cl)c(Cl)c(O)c1[N+](=O)[O-]. The first kappa shape index (κ1) is 11.5. The largest absolute Gasteiger partial charge is 0.501 e. The number of nitro groups is 1. The molecule has 1 aromatic rings. The molecule has 0 aliphatic carbocycles. The van der Waals surface area contributed by atoms with E-state index in [1.807, 2.05) is 0 Å². The number of aromatic hydroxyl groups is 1. The van der Waals surface area contributed by atoms with Crippen LogP contribution in [0.25, 0.3) is 0 Å². The maximum Gasteiger partial charge on any atom is 0.342 e. The van der Waals surface area contributed by atoms with Crippen molar-refractivity contribution in [2.45, 2.75) is 0 Å². The van der Waals surface area contributed by atoms with E-state index in [2.05, 4.69) is 0 Å². The van der Waals surface area contributed by atoms with Gasteiger partial charge >= 0.3 is 11.7 Å². The van der Waals surface area contributed by atoms with Crippen molar-refractivity contribution in [1.29, 1.82) is 0 Å². The van der Waals surface area contributed by atoms with Gasteiger partial charge in [0.1, 0.15) is 10.6 Å². The molecule has 6 nitrogen and oxygen atoms in total. The third kappa shape index (κ3) is 1.95. The smallest absolute Gasteiger partial charge is 0.342 e. The Morgan fingerprint density at radius 2 is 2.00 bits per heavy atom. The van der Waals surface area contributed by atoms with Crippen LogP contribution < -0.4 is 0 Å². The molecule has 8 heteroatoms. The van der Waals surface area contributed by atoms with Gasteiger partial charge in [0.25, 0.3) is 0 Å². The highest BCUT2D eigenvalue weighted by Gasteiger charge is 2.28. The topological polar surface area (TPSA) is 101 Å². The number of benzene rings is 1. The van der Waals surface area contributed by atoms with E-state index in [4.69, 9.17) is 28.3 Å². The molecule has 0 bridgehead atoms. The van der Waals surface area contributed by atoms with Gasteiger partial charge in [0.15, 0.2) is 0 Å². The van der Waals surface area contributed by atoms with Crippen molar-refractivity contribution in [2.75, 3.05) is 0 Å². The van der Waals surface area contributed by atoms with E-state index in [1.54, 1.807) is 0 Å². The van der Waals surface area contributed by atoms with Crippen LogP contribution in [0.4, 0.5) is 5.69 Å². The zero-order valence-corrected chi connectivity index (χ0v) is 8.41. The molecular formula is C7H3Cl2NO5. The molecule has 0 unspecified atom stereocenters. The van der Waals surface area contributed by atoms with Crippen molar-refractivity contribution >= 4 is 34.9 Å². The van der Waals surface area contributed by atoms with Crippen LogP contribution in [-0.2, 0) is 0 Å². The van der Waals surface area contributed by atoms with Crippen molar-refractivity contribution in [3.05, 3.63) is 31.8 Å². The van der Waals surface area contributed by atoms with E-state index >= 15 is 0 Å². The van der Waals surface area contributed by atoms with Gasteiger partial charge in [-0.1, -0.05) is 23.2 Å². The summed E-state index contributed by atoms with van der Waals surface area (Å²) in [6.07, 6.45) is 0. The molecule has 2 N–H and O–H groups in total. The molecule has 0 saturated heterocycles. The van der Waals surface area contributed by atoms with Gasteiger partial charge in [-0.3, -0.25) is 10.1 Å². The second kappa shape index (κ2) is 3.92. The fourth-order valence-electron chi connectivity index (χ4n) is 0.951. The van der Waals surface area contributed by atoms with Gasteiger partial charge in [-0.25, -0.2) is 4.79 Å². The van der Waals surface area contributed by atoms with Crippen molar-refractivity contribution in [1.82, 2.24) is 0 Å². The quantitative estimate of drug-likeness (QED) is 0.621. The van der Waals surface area contributed by atoms with Crippen LogP contribution in [0.15, 0.2) is 6.07 Å². The monoisotopic (exact) mass is 251 g/mol. The summed E-state index contributed by atoms with van der Waals surface area (Å²) in [5.41, 5.74) is -1.69. The number of phenolic OH excluding ortho intramolecular Hbond substituents is 1. The first-order chi connectivity index (χ1) is 6.86. The first-order valence-corrected chi connectivity index (χ1v) is 4.20. The van der Waals surface area contributed by atoms with Gasteiger partial charge in [-0.15, -0.1) is 0 Å². The molecule has 0 aromatic heterocycles. The van der Waals surface area contributed by atoms with Gasteiger partial charge < -0.3 is 10.2 Å². The van der Waals surface area contributed by atoms with Gasteiger partial charge in [-0.2, -0.15) is 0 Å². The lowest BCUT2D eigenvalue weighted by Gasteiger charge is -2.03. The Labute approximate surface area is 92.8 Å². The molecule has 0 aliphatic rings. The summed E-state index contributed by atoms with van der Waals surface area (Å²) in [5.74, 6) is -2.53. The minimum Gasteiger partial charge on any atom is -0.501 e. The van der Waals surface area contributed by atoms with E-state index in [-0.39, 0.29) is 5.02 Å². The van der Waals surface area contributed by atoms with E-state index in [1.165, 1.54) is 0 Å². The standard InChI is InChI=1S/C7H3Cl2NO5/c8-3-1-2(7(12)13)5(10(14)15)6(11)4(3)9/h1,11H,(H,12,13). The van der Waals surface area contributed by atoms with Crippen molar-refractivity contribution in [2.24, 2.45) is 0 Å². The second-order valence-corrected chi connectivity index (χ2v) is 3.26. The number of phenols is 1. The van der Waals surface area contributed by atoms with Crippen molar-refractivity contribution in [3.63, 3.8) is 0 Å². The Morgan fingerprint density at radius 1 is 1.47 bits per heavy atom. The van der Waals surface area contributed by atoms with Crippen LogP contribution in [0.3, 0.4) is 0 Å². The number of hydrogen-bond donors (Lipinski definition) is 2. The second-order valence-electron chi connectivity index (χ2n) is 2.48. The number of carboxylic acids is 1. The Morgan fingerprint density at radius 3 is 2.40 bits per heavy atom. The zero-order valence-electron chi connectivity index (χ0n) is 6.90. The molecule has 0 heterocycles. The van der Waals surface area contributed by atoms with Crippen LogP contribution in [0.1, 0.15) is 10.4 Å². The van der Waals surface area contributed by atoms with Crippen molar-refractivity contribution < 1.29 is 19.9 Å². The molecule has 0 atom stereocenters. The summed E-state index contributed by atoms with van der Waals surface area (Å²) < 4.78 is 0. The number of carboxylic acid groups (broad SMARTS) is 1. The molecule has 0 aliphatic heterocycles. The zero-order chi connectivity index (χ0) is 11.7. The molecule has 1 aromatic carbocycles. The number of halogens is 2. The Bertz CT molecular complexity index is 459. The lowest BCUT2D eigenvalue weighted by atomic mass is 10.1.